The van der Waals surface area contributed by atoms with Gasteiger partial charge in [0.05, 0.1) is 34.2 Å². The first-order valence-electron chi connectivity index (χ1n) is 9.54. The van der Waals surface area contributed by atoms with Crippen LogP contribution in [0.5, 0.6) is 23.0 Å². The number of hydrogen-bond acceptors (Lipinski definition) is 8. The summed E-state index contributed by atoms with van der Waals surface area (Å²) >= 11 is 0. The second-order valence-corrected chi connectivity index (χ2v) is 6.78. The van der Waals surface area contributed by atoms with Crippen LogP contribution in [0.4, 0.5) is 0 Å². The van der Waals surface area contributed by atoms with Crippen LogP contribution < -0.4 is 18.9 Å². The second-order valence-electron chi connectivity index (χ2n) is 6.78. The molecule has 1 atom stereocenters. The van der Waals surface area contributed by atoms with Crippen molar-refractivity contribution in [2.24, 2.45) is 5.16 Å². The number of ether oxygens (including phenoxy) is 5. The molecule has 0 fully saturated rings. The van der Waals surface area contributed by atoms with Gasteiger partial charge in [0.25, 0.3) is 0 Å². The second kappa shape index (κ2) is 9.42. The van der Waals surface area contributed by atoms with Crippen molar-refractivity contribution in [3.63, 3.8) is 0 Å². The molecule has 164 valence electrons. The molecule has 1 aliphatic carbocycles. The molecule has 0 aliphatic heterocycles. The van der Waals surface area contributed by atoms with Gasteiger partial charge in [0.1, 0.15) is 11.9 Å². The van der Waals surface area contributed by atoms with E-state index in [0.29, 0.717) is 45.4 Å². The maximum absolute atomic E-state index is 11.8. The molecule has 1 aliphatic rings. The first-order chi connectivity index (χ1) is 15.0. The molecule has 0 heterocycles. The molecule has 1 N–H and O–H groups in total. The highest BCUT2D eigenvalue weighted by Gasteiger charge is 2.36. The topological polar surface area (TPSA) is 95.8 Å². The van der Waals surface area contributed by atoms with Gasteiger partial charge >= 0.3 is 5.97 Å². The Morgan fingerprint density at radius 2 is 1.55 bits per heavy atom. The van der Waals surface area contributed by atoms with Crippen LogP contribution in [0.25, 0.3) is 11.1 Å². The largest absolute Gasteiger partial charge is 0.497 e. The predicted molar refractivity (Wildman–Crippen MR) is 115 cm³/mol. The molecule has 2 aromatic rings. The Morgan fingerprint density at radius 3 is 2.00 bits per heavy atom. The fourth-order valence-electron chi connectivity index (χ4n) is 3.74. The molecule has 0 amide bonds. The molecule has 0 bridgehead atoms. The summed E-state index contributed by atoms with van der Waals surface area (Å²) in [6.45, 7) is 1.35. The van der Waals surface area contributed by atoms with Crippen molar-refractivity contribution >= 4 is 22.8 Å². The van der Waals surface area contributed by atoms with E-state index in [1.165, 1.54) is 28.3 Å². The SMILES string of the molecule is COc1ccc(C2=C(c3cc(OC)c(OC)c(OC)c3)C(=NO)CC2OC(C)=O)cc1. The number of hydrogen-bond donors (Lipinski definition) is 1. The molecule has 0 saturated heterocycles. The van der Waals surface area contributed by atoms with Crippen LogP contribution in [-0.2, 0) is 9.53 Å². The van der Waals surface area contributed by atoms with Crippen molar-refractivity contribution < 1.29 is 33.7 Å². The standard InChI is InChI=1S/C23H25NO7/c1-13(25)31-18-12-17(24-26)21(22(18)14-6-8-16(27-2)9-7-14)15-10-19(28-3)23(30-5)20(11-15)29-4/h6-11,18,26H,12H2,1-5H3. The number of carbonyl (C=O) groups excluding carboxylic acids is 1. The average molecular weight is 427 g/mol. The number of allylic oxidation sites excluding steroid dienone is 1. The van der Waals surface area contributed by atoms with Gasteiger partial charge in [-0.25, -0.2) is 0 Å². The zero-order valence-corrected chi connectivity index (χ0v) is 18.1. The van der Waals surface area contributed by atoms with E-state index >= 15 is 0 Å². The Labute approximate surface area is 180 Å². The molecule has 31 heavy (non-hydrogen) atoms. The summed E-state index contributed by atoms with van der Waals surface area (Å²) in [5, 5.41) is 13.3. The van der Waals surface area contributed by atoms with Crippen molar-refractivity contribution in [2.75, 3.05) is 28.4 Å². The third kappa shape index (κ3) is 4.28. The van der Waals surface area contributed by atoms with Crippen LogP contribution in [0.1, 0.15) is 24.5 Å². The quantitative estimate of drug-likeness (QED) is 0.408. The van der Waals surface area contributed by atoms with E-state index in [-0.39, 0.29) is 6.42 Å². The lowest BCUT2D eigenvalue weighted by atomic mass is 9.95. The van der Waals surface area contributed by atoms with Crippen molar-refractivity contribution in [2.45, 2.75) is 19.4 Å². The molecule has 0 aromatic heterocycles. The van der Waals surface area contributed by atoms with E-state index in [1.807, 2.05) is 24.3 Å². The highest BCUT2D eigenvalue weighted by atomic mass is 16.5. The lowest BCUT2D eigenvalue weighted by molar-refractivity contribution is -0.143. The van der Waals surface area contributed by atoms with Gasteiger partial charge in [0.2, 0.25) is 5.75 Å². The average Bonchev–Trinajstić information content (AvgIpc) is 3.15. The zero-order chi connectivity index (χ0) is 22.5. The van der Waals surface area contributed by atoms with E-state index in [1.54, 1.807) is 19.2 Å². The smallest absolute Gasteiger partial charge is 0.303 e. The summed E-state index contributed by atoms with van der Waals surface area (Å²) in [5.74, 6) is 1.60. The van der Waals surface area contributed by atoms with E-state index in [0.717, 1.165) is 5.56 Å². The lowest BCUT2D eigenvalue weighted by Gasteiger charge is -2.18. The first-order valence-corrected chi connectivity index (χ1v) is 9.54. The van der Waals surface area contributed by atoms with Gasteiger partial charge in [-0.1, -0.05) is 17.3 Å². The number of nitrogens with zero attached hydrogens (tertiary/aromatic N) is 1. The van der Waals surface area contributed by atoms with Gasteiger partial charge in [0.15, 0.2) is 11.5 Å². The molecule has 1 unspecified atom stereocenters. The van der Waals surface area contributed by atoms with Crippen LogP contribution in [0.2, 0.25) is 0 Å². The Kier molecular flexibility index (Phi) is 6.69. The zero-order valence-electron chi connectivity index (χ0n) is 18.1. The Bertz CT molecular complexity index is 1000. The molecule has 8 heteroatoms. The molecule has 0 spiro atoms. The van der Waals surface area contributed by atoms with Crippen molar-refractivity contribution in [3.8, 4) is 23.0 Å². The Morgan fingerprint density at radius 1 is 0.935 bits per heavy atom. The van der Waals surface area contributed by atoms with Crippen molar-refractivity contribution in [3.05, 3.63) is 47.5 Å². The highest BCUT2D eigenvalue weighted by Crippen LogP contribution is 2.45. The maximum Gasteiger partial charge on any atom is 0.303 e. The number of esters is 1. The summed E-state index contributed by atoms with van der Waals surface area (Å²) in [4.78, 5) is 11.8. The Balaban J connectivity index is 2.29. The van der Waals surface area contributed by atoms with Gasteiger partial charge in [-0.15, -0.1) is 0 Å². The summed E-state index contributed by atoms with van der Waals surface area (Å²) in [7, 11) is 6.16. The molecule has 8 nitrogen and oxygen atoms in total. The molecule has 0 saturated carbocycles. The third-order valence-electron chi connectivity index (χ3n) is 5.04. The van der Waals surface area contributed by atoms with Gasteiger partial charge < -0.3 is 28.9 Å². The van der Waals surface area contributed by atoms with E-state index in [4.69, 9.17) is 23.7 Å². The number of oxime groups is 1. The number of rotatable bonds is 7. The van der Waals surface area contributed by atoms with E-state index in [2.05, 4.69) is 5.16 Å². The molecule has 0 radical (unpaired) electrons. The number of carbonyl (C=O) groups is 1. The van der Waals surface area contributed by atoms with E-state index < -0.39 is 12.1 Å². The number of methoxy groups -OCH3 is 4. The fraction of sp³-hybridized carbons (Fsp3) is 0.304. The molecular formula is C23H25NO7. The summed E-state index contributed by atoms with van der Waals surface area (Å²) in [5.41, 5.74) is 3.18. The highest BCUT2D eigenvalue weighted by molar-refractivity contribution is 6.34. The van der Waals surface area contributed by atoms with Crippen molar-refractivity contribution in [1.29, 1.82) is 0 Å². The molecule has 2 aromatic carbocycles. The molecular weight excluding hydrogens is 402 g/mol. The molecule has 3 rings (SSSR count). The van der Waals surface area contributed by atoms with Crippen LogP contribution in [0, 0.1) is 0 Å². The minimum absolute atomic E-state index is 0.226. The predicted octanol–water partition coefficient (Wildman–Crippen LogP) is 3.80. The minimum Gasteiger partial charge on any atom is -0.497 e. The first kappa shape index (κ1) is 22.0. The summed E-state index contributed by atoms with van der Waals surface area (Å²) in [6, 6.07) is 10.9. The Hall–Kier alpha value is -3.68. The van der Waals surface area contributed by atoms with Crippen LogP contribution in [0.15, 0.2) is 41.6 Å². The van der Waals surface area contributed by atoms with Crippen LogP contribution >= 0.6 is 0 Å². The lowest BCUT2D eigenvalue weighted by Crippen LogP contribution is -2.16. The maximum atomic E-state index is 11.8. The van der Waals surface area contributed by atoms with Crippen LogP contribution in [0.3, 0.4) is 0 Å². The monoisotopic (exact) mass is 427 g/mol. The van der Waals surface area contributed by atoms with Gasteiger partial charge in [-0.05, 0) is 35.4 Å². The van der Waals surface area contributed by atoms with E-state index in [9.17, 15) is 10.0 Å². The van der Waals surface area contributed by atoms with Gasteiger partial charge in [-0.3, -0.25) is 4.79 Å². The fourth-order valence-corrected chi connectivity index (χ4v) is 3.74. The van der Waals surface area contributed by atoms with Gasteiger partial charge in [0, 0.05) is 24.5 Å². The van der Waals surface area contributed by atoms with Crippen molar-refractivity contribution in [1.82, 2.24) is 0 Å². The van der Waals surface area contributed by atoms with Crippen LogP contribution in [-0.4, -0.2) is 51.4 Å². The summed E-state index contributed by atoms with van der Waals surface area (Å²) in [6.07, 6.45) is -0.394. The number of benzene rings is 2. The normalized spacial score (nSPS) is 16.9. The van der Waals surface area contributed by atoms with Gasteiger partial charge in [-0.2, -0.15) is 0 Å². The third-order valence-corrected chi connectivity index (χ3v) is 5.04. The summed E-state index contributed by atoms with van der Waals surface area (Å²) < 4.78 is 27.2. The minimum atomic E-state index is -0.620.